The Bertz CT molecular complexity index is 423. The highest BCUT2D eigenvalue weighted by Gasteiger charge is 1.95. The summed E-state index contributed by atoms with van der Waals surface area (Å²) in [4.78, 5) is 0. The third-order valence-corrected chi connectivity index (χ3v) is 2.06. The third-order valence-electron chi connectivity index (χ3n) is 2.06. The zero-order valence-electron chi connectivity index (χ0n) is 8.07. The minimum atomic E-state index is 0.290. The zero-order chi connectivity index (χ0) is 9.80. The van der Waals surface area contributed by atoms with E-state index >= 15 is 0 Å². The first-order valence-electron chi connectivity index (χ1n) is 4.51. The summed E-state index contributed by atoms with van der Waals surface area (Å²) in [5.74, 6) is 0.838. The lowest BCUT2D eigenvalue weighted by atomic mass is 10.1. The predicted molar refractivity (Wildman–Crippen MR) is 56.5 cm³/mol. The molecule has 72 valence electrons. The van der Waals surface area contributed by atoms with Crippen LogP contribution in [0.25, 0.3) is 10.8 Å². The van der Waals surface area contributed by atoms with Crippen molar-refractivity contribution in [1.29, 1.82) is 0 Å². The first-order valence-corrected chi connectivity index (χ1v) is 4.51. The summed E-state index contributed by atoms with van der Waals surface area (Å²) in [7, 11) is 1.61. The summed E-state index contributed by atoms with van der Waals surface area (Å²) in [5, 5.41) is 2.40. The molecule has 2 nitrogen and oxygen atoms in total. The summed E-state index contributed by atoms with van der Waals surface area (Å²) in [6.45, 7) is 0.290. The van der Waals surface area contributed by atoms with Crippen molar-refractivity contribution in [3.05, 3.63) is 42.5 Å². The van der Waals surface area contributed by atoms with Gasteiger partial charge in [-0.15, -0.1) is 0 Å². The van der Waals surface area contributed by atoms with Gasteiger partial charge in [0.25, 0.3) is 0 Å². The van der Waals surface area contributed by atoms with Crippen LogP contribution < -0.4 is 4.74 Å². The van der Waals surface area contributed by atoms with Crippen molar-refractivity contribution in [3.8, 4) is 5.75 Å². The fourth-order valence-electron chi connectivity index (χ4n) is 1.38. The monoisotopic (exact) mass is 188 g/mol. The molecular formula is C12H12O2. The van der Waals surface area contributed by atoms with Gasteiger partial charge in [-0.2, -0.15) is 0 Å². The average molecular weight is 188 g/mol. The summed E-state index contributed by atoms with van der Waals surface area (Å²) in [5.41, 5.74) is 0. The second-order valence-corrected chi connectivity index (χ2v) is 3.06. The van der Waals surface area contributed by atoms with Gasteiger partial charge in [0.15, 0.2) is 6.79 Å². The predicted octanol–water partition coefficient (Wildman–Crippen LogP) is 2.82. The maximum Gasteiger partial charge on any atom is 0.188 e. The van der Waals surface area contributed by atoms with Crippen LogP contribution in [0.5, 0.6) is 5.75 Å². The molecule has 0 spiro atoms. The molecule has 0 saturated heterocycles. The lowest BCUT2D eigenvalue weighted by Crippen LogP contribution is -1.98. The van der Waals surface area contributed by atoms with Crippen molar-refractivity contribution in [2.24, 2.45) is 0 Å². The summed E-state index contributed by atoms with van der Waals surface area (Å²) < 4.78 is 10.2. The van der Waals surface area contributed by atoms with Crippen molar-refractivity contribution in [3.63, 3.8) is 0 Å². The highest BCUT2D eigenvalue weighted by molar-refractivity contribution is 5.83. The van der Waals surface area contributed by atoms with Gasteiger partial charge in [-0.05, 0) is 22.9 Å². The van der Waals surface area contributed by atoms with E-state index in [1.165, 1.54) is 10.8 Å². The summed E-state index contributed by atoms with van der Waals surface area (Å²) in [6.07, 6.45) is 0. The first-order chi connectivity index (χ1) is 6.90. The minimum absolute atomic E-state index is 0.290. The number of methoxy groups -OCH3 is 1. The van der Waals surface area contributed by atoms with Gasteiger partial charge in [0.05, 0.1) is 0 Å². The van der Waals surface area contributed by atoms with E-state index in [2.05, 4.69) is 12.1 Å². The van der Waals surface area contributed by atoms with Gasteiger partial charge < -0.3 is 9.47 Å². The molecule has 0 N–H and O–H groups in total. The fourth-order valence-corrected chi connectivity index (χ4v) is 1.38. The molecule has 0 amide bonds. The molecule has 0 saturated carbocycles. The molecule has 2 aromatic carbocycles. The summed E-state index contributed by atoms with van der Waals surface area (Å²) in [6, 6.07) is 14.2. The van der Waals surface area contributed by atoms with E-state index in [4.69, 9.17) is 9.47 Å². The maximum absolute atomic E-state index is 5.34. The Labute approximate surface area is 83.1 Å². The van der Waals surface area contributed by atoms with Gasteiger partial charge in [0.1, 0.15) is 5.75 Å². The normalized spacial score (nSPS) is 10.4. The average Bonchev–Trinajstić information content (AvgIpc) is 2.26. The first kappa shape index (κ1) is 9.03. The molecule has 0 aliphatic heterocycles. The van der Waals surface area contributed by atoms with Gasteiger partial charge in [-0.1, -0.05) is 30.3 Å². The van der Waals surface area contributed by atoms with E-state index in [1.54, 1.807) is 7.11 Å². The molecule has 0 aliphatic carbocycles. The van der Waals surface area contributed by atoms with Crippen molar-refractivity contribution in [2.45, 2.75) is 0 Å². The van der Waals surface area contributed by atoms with Crippen molar-refractivity contribution >= 4 is 10.8 Å². The van der Waals surface area contributed by atoms with Crippen LogP contribution in [0.3, 0.4) is 0 Å². The highest BCUT2D eigenvalue weighted by atomic mass is 16.7. The standard InChI is InChI=1S/C12H12O2/c1-13-9-14-12-7-6-10-4-2-3-5-11(10)8-12/h2-8H,9H2,1H3. The van der Waals surface area contributed by atoms with Gasteiger partial charge in [-0.25, -0.2) is 0 Å². The molecule has 0 heterocycles. The highest BCUT2D eigenvalue weighted by Crippen LogP contribution is 2.20. The Kier molecular flexibility index (Phi) is 2.65. The molecule has 2 heteroatoms. The topological polar surface area (TPSA) is 18.5 Å². The number of hydrogen-bond acceptors (Lipinski definition) is 2. The van der Waals surface area contributed by atoms with Crippen LogP contribution in [0.15, 0.2) is 42.5 Å². The fraction of sp³-hybridized carbons (Fsp3) is 0.167. The molecule has 0 aliphatic rings. The van der Waals surface area contributed by atoms with E-state index < -0.39 is 0 Å². The van der Waals surface area contributed by atoms with Gasteiger partial charge in [0, 0.05) is 7.11 Å². The second kappa shape index (κ2) is 4.11. The smallest absolute Gasteiger partial charge is 0.188 e. The van der Waals surface area contributed by atoms with Crippen molar-refractivity contribution < 1.29 is 9.47 Å². The molecule has 0 radical (unpaired) electrons. The van der Waals surface area contributed by atoms with Crippen molar-refractivity contribution in [1.82, 2.24) is 0 Å². The van der Waals surface area contributed by atoms with Crippen LogP contribution in [-0.2, 0) is 4.74 Å². The molecule has 0 unspecified atom stereocenters. The van der Waals surface area contributed by atoms with Crippen LogP contribution in [0, 0.1) is 0 Å². The van der Waals surface area contributed by atoms with E-state index in [0.29, 0.717) is 6.79 Å². The largest absolute Gasteiger partial charge is 0.468 e. The van der Waals surface area contributed by atoms with Crippen LogP contribution in [0.4, 0.5) is 0 Å². The quantitative estimate of drug-likeness (QED) is 0.689. The molecule has 2 aromatic rings. The van der Waals surface area contributed by atoms with Crippen LogP contribution in [0.2, 0.25) is 0 Å². The Balaban J connectivity index is 2.32. The lowest BCUT2D eigenvalue weighted by molar-refractivity contribution is 0.0512. The lowest BCUT2D eigenvalue weighted by Gasteiger charge is -2.05. The number of fused-ring (bicyclic) bond motifs is 1. The Morgan fingerprint density at radius 1 is 1.00 bits per heavy atom. The van der Waals surface area contributed by atoms with Gasteiger partial charge in [0.2, 0.25) is 0 Å². The molecular weight excluding hydrogens is 176 g/mol. The Hall–Kier alpha value is -1.54. The zero-order valence-corrected chi connectivity index (χ0v) is 8.07. The third kappa shape index (κ3) is 1.86. The number of hydrogen-bond donors (Lipinski definition) is 0. The molecule has 0 aromatic heterocycles. The number of rotatable bonds is 3. The van der Waals surface area contributed by atoms with Crippen molar-refractivity contribution in [2.75, 3.05) is 13.9 Å². The van der Waals surface area contributed by atoms with Crippen LogP contribution >= 0.6 is 0 Å². The molecule has 2 rings (SSSR count). The van der Waals surface area contributed by atoms with E-state index in [9.17, 15) is 0 Å². The van der Waals surface area contributed by atoms with E-state index in [0.717, 1.165) is 5.75 Å². The van der Waals surface area contributed by atoms with Gasteiger partial charge >= 0.3 is 0 Å². The van der Waals surface area contributed by atoms with E-state index in [1.807, 2.05) is 30.3 Å². The SMILES string of the molecule is COCOc1ccc2ccccc2c1. The maximum atomic E-state index is 5.34. The Morgan fingerprint density at radius 2 is 1.79 bits per heavy atom. The van der Waals surface area contributed by atoms with Crippen LogP contribution in [-0.4, -0.2) is 13.9 Å². The molecule has 0 bridgehead atoms. The summed E-state index contributed by atoms with van der Waals surface area (Å²) >= 11 is 0. The Morgan fingerprint density at radius 3 is 2.57 bits per heavy atom. The number of benzene rings is 2. The van der Waals surface area contributed by atoms with Crippen LogP contribution in [0.1, 0.15) is 0 Å². The van der Waals surface area contributed by atoms with E-state index in [-0.39, 0.29) is 0 Å². The molecule has 14 heavy (non-hydrogen) atoms. The second-order valence-electron chi connectivity index (χ2n) is 3.06. The molecule has 0 fully saturated rings. The minimum Gasteiger partial charge on any atom is -0.468 e. The molecule has 0 atom stereocenters. The number of ether oxygens (including phenoxy) is 2. The van der Waals surface area contributed by atoms with Gasteiger partial charge in [-0.3, -0.25) is 0 Å².